The van der Waals surface area contributed by atoms with Gasteiger partial charge in [-0.2, -0.15) is 0 Å². The van der Waals surface area contributed by atoms with E-state index in [-0.39, 0.29) is 5.52 Å². The predicted molar refractivity (Wildman–Crippen MR) is 95.0 cm³/mol. The first-order chi connectivity index (χ1) is 12.0. The number of H-pyrrole nitrogens is 1. The highest BCUT2D eigenvalue weighted by atomic mass is 16.5. The highest BCUT2D eigenvalue weighted by molar-refractivity contribution is 5.75. The van der Waals surface area contributed by atoms with Gasteiger partial charge in [0.2, 0.25) is 0 Å². The van der Waals surface area contributed by atoms with Gasteiger partial charge in [-0.05, 0) is 23.8 Å². The number of aryl methyl sites for hydroxylation is 1. The van der Waals surface area contributed by atoms with Crippen LogP contribution in [0.25, 0.3) is 23.3 Å². The summed E-state index contributed by atoms with van der Waals surface area (Å²) < 4.78 is 12.9. The number of benzene rings is 1. The second-order valence-corrected chi connectivity index (χ2v) is 5.47. The zero-order valence-corrected chi connectivity index (χ0v) is 14.4. The van der Waals surface area contributed by atoms with E-state index in [0.29, 0.717) is 23.0 Å². The molecule has 130 valence electrons. The number of nitrogens with one attached hydrogen (secondary N) is 1. The van der Waals surface area contributed by atoms with Crippen LogP contribution in [0.3, 0.4) is 0 Å². The number of ether oxygens (including phenoxy) is 2. The van der Waals surface area contributed by atoms with Gasteiger partial charge in [0.1, 0.15) is 11.3 Å². The molecule has 3 rings (SSSR count). The maximum Gasteiger partial charge on any atom is 0.332 e. The molecule has 0 unspecified atom stereocenters. The van der Waals surface area contributed by atoms with Crippen LogP contribution >= 0.6 is 0 Å². The summed E-state index contributed by atoms with van der Waals surface area (Å²) in [6.07, 6.45) is 3.55. The maximum absolute atomic E-state index is 12.2. The Bertz CT molecular complexity index is 1090. The summed E-state index contributed by atoms with van der Waals surface area (Å²) in [4.78, 5) is 31.4. The number of aromatic amines is 1. The van der Waals surface area contributed by atoms with E-state index in [4.69, 9.17) is 9.47 Å². The number of aromatic nitrogens is 4. The minimum atomic E-state index is -0.417. The molecule has 0 atom stereocenters. The highest BCUT2D eigenvalue weighted by Gasteiger charge is 2.12. The topological polar surface area (TPSA) is 91.1 Å². The smallest absolute Gasteiger partial charge is 0.332 e. The van der Waals surface area contributed by atoms with Crippen molar-refractivity contribution in [2.75, 3.05) is 14.2 Å². The molecule has 3 aromatic rings. The molecule has 0 saturated heterocycles. The molecule has 0 saturated carbocycles. The second kappa shape index (κ2) is 6.31. The third-order valence-corrected chi connectivity index (χ3v) is 3.95. The number of methoxy groups -OCH3 is 2. The molecule has 0 bridgehead atoms. The van der Waals surface area contributed by atoms with E-state index in [0.717, 1.165) is 10.1 Å². The van der Waals surface area contributed by atoms with Gasteiger partial charge in [-0.25, -0.2) is 9.78 Å². The number of fused-ring (bicyclic) bond motifs is 1. The van der Waals surface area contributed by atoms with E-state index in [2.05, 4.69) is 9.97 Å². The molecular weight excluding hydrogens is 324 g/mol. The summed E-state index contributed by atoms with van der Waals surface area (Å²) >= 11 is 0. The van der Waals surface area contributed by atoms with E-state index in [1.165, 1.54) is 11.6 Å². The van der Waals surface area contributed by atoms with E-state index in [1.807, 2.05) is 18.2 Å². The Kier molecular flexibility index (Phi) is 4.18. The summed E-state index contributed by atoms with van der Waals surface area (Å²) in [5, 5.41) is 0. The monoisotopic (exact) mass is 342 g/mol. The van der Waals surface area contributed by atoms with Crippen LogP contribution in [0.4, 0.5) is 0 Å². The number of hydrogen-bond acceptors (Lipinski definition) is 5. The standard InChI is InChI=1S/C17H18N4O4/c1-20-15-14(16(22)21(2)17(20)23)18-13(19-15)8-6-10-5-7-11(24-3)12(9-10)25-4/h5-9H,1-4H3,(H,18,19)/b8-6+. The Morgan fingerprint density at radius 1 is 1.04 bits per heavy atom. The molecule has 1 N–H and O–H groups in total. The van der Waals surface area contributed by atoms with Gasteiger partial charge in [-0.3, -0.25) is 13.9 Å². The Balaban J connectivity index is 2.03. The van der Waals surface area contributed by atoms with Crippen molar-refractivity contribution in [3.05, 3.63) is 50.4 Å². The quantitative estimate of drug-likeness (QED) is 0.768. The summed E-state index contributed by atoms with van der Waals surface area (Å²) in [5.41, 5.74) is 0.660. The average Bonchev–Trinajstić information content (AvgIpc) is 3.07. The first-order valence-corrected chi connectivity index (χ1v) is 7.52. The fraction of sp³-hybridized carbons (Fsp3) is 0.235. The summed E-state index contributed by atoms with van der Waals surface area (Å²) in [6.45, 7) is 0. The van der Waals surface area contributed by atoms with E-state index >= 15 is 0 Å². The Morgan fingerprint density at radius 3 is 2.44 bits per heavy atom. The van der Waals surface area contributed by atoms with Gasteiger partial charge >= 0.3 is 5.69 Å². The lowest BCUT2D eigenvalue weighted by Gasteiger charge is -2.07. The summed E-state index contributed by atoms with van der Waals surface area (Å²) in [7, 11) is 6.16. The van der Waals surface area contributed by atoms with Gasteiger partial charge in [-0.1, -0.05) is 12.1 Å². The Hall–Kier alpha value is -3.29. The molecule has 25 heavy (non-hydrogen) atoms. The largest absolute Gasteiger partial charge is 0.493 e. The number of nitrogens with zero attached hydrogens (tertiary/aromatic N) is 3. The molecular formula is C17H18N4O4. The lowest BCUT2D eigenvalue weighted by molar-refractivity contribution is 0.355. The Morgan fingerprint density at radius 2 is 1.76 bits per heavy atom. The van der Waals surface area contributed by atoms with Crippen LogP contribution in [0, 0.1) is 0 Å². The SMILES string of the molecule is COc1ccc(/C=C/c2nc3c([nH]2)c(=O)n(C)c(=O)n3C)cc1OC. The van der Waals surface area contributed by atoms with E-state index in [9.17, 15) is 9.59 Å². The molecule has 0 aliphatic rings. The van der Waals surface area contributed by atoms with Crippen molar-refractivity contribution in [1.29, 1.82) is 0 Å². The van der Waals surface area contributed by atoms with E-state index < -0.39 is 11.2 Å². The van der Waals surface area contributed by atoms with Crippen molar-refractivity contribution >= 4 is 23.3 Å². The van der Waals surface area contributed by atoms with Gasteiger partial charge < -0.3 is 14.5 Å². The van der Waals surface area contributed by atoms with Crippen LogP contribution in [-0.4, -0.2) is 33.3 Å². The van der Waals surface area contributed by atoms with Crippen LogP contribution in [-0.2, 0) is 14.1 Å². The summed E-state index contributed by atoms with van der Waals surface area (Å²) in [6, 6.07) is 5.50. The van der Waals surface area contributed by atoms with Crippen molar-refractivity contribution in [2.45, 2.75) is 0 Å². The second-order valence-electron chi connectivity index (χ2n) is 5.47. The minimum Gasteiger partial charge on any atom is -0.493 e. The van der Waals surface area contributed by atoms with Crippen LogP contribution < -0.4 is 20.7 Å². The highest BCUT2D eigenvalue weighted by Crippen LogP contribution is 2.28. The summed E-state index contributed by atoms with van der Waals surface area (Å²) in [5.74, 6) is 1.73. The molecule has 2 heterocycles. The zero-order chi connectivity index (χ0) is 18.1. The average molecular weight is 342 g/mol. The number of hydrogen-bond donors (Lipinski definition) is 1. The lowest BCUT2D eigenvalue weighted by Crippen LogP contribution is -2.36. The predicted octanol–water partition coefficient (Wildman–Crippen LogP) is 1.15. The molecule has 8 nitrogen and oxygen atoms in total. The molecule has 0 amide bonds. The van der Waals surface area contributed by atoms with Crippen LogP contribution in [0.15, 0.2) is 27.8 Å². The molecule has 0 aliphatic heterocycles. The van der Waals surface area contributed by atoms with Gasteiger partial charge in [0.15, 0.2) is 17.1 Å². The van der Waals surface area contributed by atoms with Crippen molar-refractivity contribution in [2.24, 2.45) is 14.1 Å². The van der Waals surface area contributed by atoms with Gasteiger partial charge in [-0.15, -0.1) is 0 Å². The molecule has 8 heteroatoms. The van der Waals surface area contributed by atoms with Crippen molar-refractivity contribution < 1.29 is 9.47 Å². The number of rotatable bonds is 4. The van der Waals surface area contributed by atoms with Crippen molar-refractivity contribution in [1.82, 2.24) is 19.1 Å². The van der Waals surface area contributed by atoms with Crippen molar-refractivity contribution in [3.8, 4) is 11.5 Å². The van der Waals surface area contributed by atoms with Gasteiger partial charge in [0, 0.05) is 14.1 Å². The lowest BCUT2D eigenvalue weighted by atomic mass is 10.2. The fourth-order valence-electron chi connectivity index (χ4n) is 2.55. The fourth-order valence-corrected chi connectivity index (χ4v) is 2.55. The molecule has 1 aromatic carbocycles. The van der Waals surface area contributed by atoms with Crippen LogP contribution in [0.2, 0.25) is 0 Å². The third kappa shape index (κ3) is 2.82. The molecule has 0 spiro atoms. The molecule has 2 aromatic heterocycles. The third-order valence-electron chi connectivity index (χ3n) is 3.95. The van der Waals surface area contributed by atoms with E-state index in [1.54, 1.807) is 33.4 Å². The van der Waals surface area contributed by atoms with Gasteiger partial charge in [0.05, 0.1) is 14.2 Å². The molecule has 0 aliphatic carbocycles. The molecule has 0 radical (unpaired) electrons. The normalized spacial score (nSPS) is 11.4. The maximum atomic E-state index is 12.2. The first kappa shape index (κ1) is 16.6. The Labute approximate surface area is 143 Å². The zero-order valence-electron chi connectivity index (χ0n) is 14.4. The minimum absolute atomic E-state index is 0.288. The van der Waals surface area contributed by atoms with Crippen LogP contribution in [0.1, 0.15) is 11.4 Å². The van der Waals surface area contributed by atoms with Gasteiger partial charge in [0.25, 0.3) is 5.56 Å². The number of imidazole rings is 1. The van der Waals surface area contributed by atoms with Crippen molar-refractivity contribution in [3.63, 3.8) is 0 Å². The molecule has 0 fully saturated rings. The van der Waals surface area contributed by atoms with Crippen LogP contribution in [0.5, 0.6) is 11.5 Å². The first-order valence-electron chi connectivity index (χ1n) is 7.52.